The monoisotopic (exact) mass is 369 g/mol. The van der Waals surface area contributed by atoms with Crippen LogP contribution in [0.15, 0.2) is 24.3 Å². The van der Waals surface area contributed by atoms with Gasteiger partial charge in [-0.25, -0.2) is 9.37 Å². The number of nitrogens with zero attached hydrogens (tertiary/aromatic N) is 1. The van der Waals surface area contributed by atoms with Crippen molar-refractivity contribution in [2.75, 3.05) is 5.32 Å². The molecule has 0 radical (unpaired) electrons. The van der Waals surface area contributed by atoms with Crippen LogP contribution < -0.4 is 11.1 Å². The Morgan fingerprint density at radius 3 is 2.50 bits per heavy atom. The van der Waals surface area contributed by atoms with Crippen LogP contribution in [0.3, 0.4) is 0 Å². The Balaban J connectivity index is 0.00000208. The molecule has 7 heteroatoms. The Morgan fingerprint density at radius 1 is 1.25 bits per heavy atom. The number of nitrogens with one attached hydrogen (secondary N) is 1. The van der Waals surface area contributed by atoms with E-state index in [-0.39, 0.29) is 24.1 Å². The minimum atomic E-state index is -0.784. The molecule has 0 spiro atoms. The van der Waals surface area contributed by atoms with Gasteiger partial charge in [-0.1, -0.05) is 19.3 Å². The summed E-state index contributed by atoms with van der Waals surface area (Å²) in [6.45, 7) is 1.94. The molecule has 1 aliphatic rings. The molecular weight excluding hydrogens is 349 g/mol. The Bertz CT molecular complexity index is 711. The lowest BCUT2D eigenvalue weighted by molar-refractivity contribution is -0.122. The predicted octanol–water partition coefficient (Wildman–Crippen LogP) is 4.28. The fraction of sp³-hybridized carbons (Fsp3) is 0.412. The number of amides is 1. The lowest BCUT2D eigenvalue weighted by Crippen LogP contribution is -2.52. The zero-order chi connectivity index (χ0) is 16.4. The smallest absolute Gasteiger partial charge is 0.246 e. The standard InChI is InChI=1S/C17H20FN3OS.ClH/c1-11-14(12-5-7-13(18)8-6-12)20-16(23-11)21-15(22)17(19)9-3-2-4-10-17;/h5-8H,2-4,9-10,19H2,1H3,(H,20,21,22);1H. The summed E-state index contributed by atoms with van der Waals surface area (Å²) in [6, 6.07) is 6.19. The first-order valence-electron chi connectivity index (χ1n) is 7.82. The van der Waals surface area contributed by atoms with E-state index in [0.717, 1.165) is 35.4 Å². The van der Waals surface area contributed by atoms with Crippen LogP contribution in [0.2, 0.25) is 0 Å². The number of carbonyl (C=O) groups excluding carboxylic acids is 1. The Labute approximate surface area is 151 Å². The van der Waals surface area contributed by atoms with E-state index in [1.54, 1.807) is 12.1 Å². The van der Waals surface area contributed by atoms with Gasteiger partial charge in [-0.3, -0.25) is 4.79 Å². The molecule has 1 heterocycles. The second-order valence-corrected chi connectivity index (χ2v) is 7.30. The van der Waals surface area contributed by atoms with Crippen molar-refractivity contribution in [3.63, 3.8) is 0 Å². The van der Waals surface area contributed by atoms with E-state index in [2.05, 4.69) is 10.3 Å². The summed E-state index contributed by atoms with van der Waals surface area (Å²) in [5.74, 6) is -0.436. The van der Waals surface area contributed by atoms with Crippen molar-refractivity contribution in [1.82, 2.24) is 4.98 Å². The van der Waals surface area contributed by atoms with Crippen molar-refractivity contribution >= 4 is 34.8 Å². The maximum atomic E-state index is 13.0. The second kappa shape index (κ2) is 7.59. The van der Waals surface area contributed by atoms with Crippen molar-refractivity contribution in [2.45, 2.75) is 44.6 Å². The highest BCUT2D eigenvalue weighted by molar-refractivity contribution is 7.16. The van der Waals surface area contributed by atoms with Crippen LogP contribution in [0.25, 0.3) is 11.3 Å². The zero-order valence-corrected chi connectivity index (χ0v) is 15.1. The van der Waals surface area contributed by atoms with Crippen LogP contribution in [0.5, 0.6) is 0 Å². The number of aromatic nitrogens is 1. The molecule has 0 bridgehead atoms. The van der Waals surface area contributed by atoms with Crippen LogP contribution in [-0.2, 0) is 4.79 Å². The minimum Gasteiger partial charge on any atom is -0.317 e. The molecule has 0 atom stereocenters. The third-order valence-electron chi connectivity index (χ3n) is 4.33. The van der Waals surface area contributed by atoms with Gasteiger partial charge in [0.2, 0.25) is 5.91 Å². The molecule has 4 nitrogen and oxygen atoms in total. The highest BCUT2D eigenvalue weighted by Gasteiger charge is 2.35. The fourth-order valence-corrected chi connectivity index (χ4v) is 3.79. The van der Waals surface area contributed by atoms with Crippen molar-refractivity contribution in [2.24, 2.45) is 5.73 Å². The Kier molecular flexibility index (Phi) is 5.96. The van der Waals surface area contributed by atoms with E-state index in [1.165, 1.54) is 23.5 Å². The van der Waals surface area contributed by atoms with E-state index >= 15 is 0 Å². The van der Waals surface area contributed by atoms with E-state index in [0.29, 0.717) is 18.0 Å². The average Bonchev–Trinajstić information content (AvgIpc) is 2.89. The highest BCUT2D eigenvalue weighted by Crippen LogP contribution is 2.32. The molecule has 0 aliphatic heterocycles. The number of thiazole rings is 1. The summed E-state index contributed by atoms with van der Waals surface area (Å²) in [5.41, 5.74) is 7.06. The van der Waals surface area contributed by atoms with Crippen LogP contribution in [0.4, 0.5) is 9.52 Å². The number of anilines is 1. The van der Waals surface area contributed by atoms with Crippen molar-refractivity contribution in [1.29, 1.82) is 0 Å². The first kappa shape index (κ1) is 18.8. The normalized spacial score (nSPS) is 16.3. The van der Waals surface area contributed by atoms with E-state index < -0.39 is 5.54 Å². The minimum absolute atomic E-state index is 0. The van der Waals surface area contributed by atoms with Gasteiger partial charge >= 0.3 is 0 Å². The lowest BCUT2D eigenvalue weighted by atomic mass is 9.82. The molecule has 130 valence electrons. The summed E-state index contributed by atoms with van der Waals surface area (Å²) in [4.78, 5) is 17.9. The molecule has 1 aromatic carbocycles. The van der Waals surface area contributed by atoms with Crippen LogP contribution in [0.1, 0.15) is 37.0 Å². The van der Waals surface area contributed by atoms with Gasteiger partial charge in [0.25, 0.3) is 0 Å². The highest BCUT2D eigenvalue weighted by atomic mass is 35.5. The van der Waals surface area contributed by atoms with Crippen LogP contribution >= 0.6 is 23.7 Å². The molecule has 1 aromatic heterocycles. The average molecular weight is 370 g/mol. The fourth-order valence-electron chi connectivity index (χ4n) is 2.96. The van der Waals surface area contributed by atoms with Gasteiger partial charge < -0.3 is 11.1 Å². The number of nitrogens with two attached hydrogens (primary N) is 1. The first-order valence-corrected chi connectivity index (χ1v) is 8.63. The largest absolute Gasteiger partial charge is 0.317 e. The summed E-state index contributed by atoms with van der Waals surface area (Å²) < 4.78 is 13.0. The zero-order valence-electron chi connectivity index (χ0n) is 13.5. The van der Waals surface area contributed by atoms with Gasteiger partial charge in [0.05, 0.1) is 11.2 Å². The summed E-state index contributed by atoms with van der Waals surface area (Å²) in [6.07, 6.45) is 4.54. The summed E-state index contributed by atoms with van der Waals surface area (Å²) in [7, 11) is 0. The van der Waals surface area contributed by atoms with E-state index in [9.17, 15) is 9.18 Å². The number of carbonyl (C=O) groups is 1. The third-order valence-corrected chi connectivity index (χ3v) is 5.22. The number of hydrogen-bond acceptors (Lipinski definition) is 4. The van der Waals surface area contributed by atoms with Crippen LogP contribution in [-0.4, -0.2) is 16.4 Å². The molecule has 1 saturated carbocycles. The molecule has 2 aromatic rings. The third kappa shape index (κ3) is 3.94. The van der Waals surface area contributed by atoms with Gasteiger partial charge in [-0.05, 0) is 44.0 Å². The van der Waals surface area contributed by atoms with Crippen molar-refractivity contribution in [3.05, 3.63) is 35.0 Å². The molecule has 3 rings (SSSR count). The first-order chi connectivity index (χ1) is 11.0. The number of aryl methyl sites for hydroxylation is 1. The summed E-state index contributed by atoms with van der Waals surface area (Å²) >= 11 is 1.41. The van der Waals surface area contributed by atoms with Crippen molar-refractivity contribution in [3.8, 4) is 11.3 Å². The number of benzene rings is 1. The van der Waals surface area contributed by atoms with E-state index in [1.807, 2.05) is 6.92 Å². The number of rotatable bonds is 3. The van der Waals surface area contributed by atoms with Gasteiger partial charge in [-0.15, -0.1) is 23.7 Å². The molecule has 3 N–H and O–H groups in total. The van der Waals surface area contributed by atoms with Gasteiger partial charge in [-0.2, -0.15) is 0 Å². The Morgan fingerprint density at radius 2 is 1.88 bits per heavy atom. The molecule has 1 aliphatic carbocycles. The van der Waals surface area contributed by atoms with Gasteiger partial charge in [0.15, 0.2) is 5.13 Å². The second-order valence-electron chi connectivity index (χ2n) is 6.10. The quantitative estimate of drug-likeness (QED) is 0.848. The Hall–Kier alpha value is -1.50. The van der Waals surface area contributed by atoms with Gasteiger partial charge in [0.1, 0.15) is 5.82 Å². The molecular formula is C17H21ClFN3OS. The summed E-state index contributed by atoms with van der Waals surface area (Å²) in [5, 5.41) is 3.41. The van der Waals surface area contributed by atoms with Crippen LogP contribution in [0, 0.1) is 12.7 Å². The van der Waals surface area contributed by atoms with Gasteiger partial charge in [0, 0.05) is 10.4 Å². The molecule has 0 unspecified atom stereocenters. The topological polar surface area (TPSA) is 68.0 Å². The SMILES string of the molecule is Cc1sc(NC(=O)C2(N)CCCCC2)nc1-c1ccc(F)cc1.Cl. The lowest BCUT2D eigenvalue weighted by Gasteiger charge is -2.31. The molecule has 1 fully saturated rings. The molecule has 24 heavy (non-hydrogen) atoms. The maximum absolute atomic E-state index is 13.0. The number of halogens is 2. The van der Waals surface area contributed by atoms with E-state index in [4.69, 9.17) is 5.73 Å². The van der Waals surface area contributed by atoms with Crippen molar-refractivity contribution < 1.29 is 9.18 Å². The maximum Gasteiger partial charge on any atom is 0.246 e. The number of hydrogen-bond donors (Lipinski definition) is 2. The molecule has 1 amide bonds. The predicted molar refractivity (Wildman–Crippen MR) is 98.1 cm³/mol. The molecule has 0 saturated heterocycles.